The summed E-state index contributed by atoms with van der Waals surface area (Å²) in [6, 6.07) is 17.6. The zero-order chi connectivity index (χ0) is 18.3. The summed E-state index contributed by atoms with van der Waals surface area (Å²) < 4.78 is 5.32. The maximum Gasteiger partial charge on any atom is 0.228 e. The average molecular weight is 358 g/mol. The lowest BCUT2D eigenvalue weighted by Gasteiger charge is -2.04. The molecule has 0 fully saturated rings. The molecule has 0 saturated heterocycles. The van der Waals surface area contributed by atoms with Gasteiger partial charge in [0.2, 0.25) is 11.8 Å². The molecule has 0 amide bonds. The fourth-order valence-electron chi connectivity index (χ4n) is 2.62. The van der Waals surface area contributed by atoms with Gasteiger partial charge in [0, 0.05) is 31.8 Å². The van der Waals surface area contributed by atoms with Crippen molar-refractivity contribution in [2.45, 2.75) is 12.8 Å². The minimum atomic E-state index is 0.544. The Morgan fingerprint density at radius 3 is 2.56 bits per heavy atom. The number of anilines is 1. The molecule has 0 atom stereocenters. The van der Waals surface area contributed by atoms with Gasteiger partial charge in [0.15, 0.2) is 5.82 Å². The van der Waals surface area contributed by atoms with Gasteiger partial charge in [0.05, 0.1) is 11.4 Å². The minimum Gasteiger partial charge on any atom is -0.354 e. The topological polar surface area (TPSA) is 89.6 Å². The molecule has 0 unspecified atom stereocenters. The second-order valence-corrected chi connectivity index (χ2v) is 5.92. The van der Waals surface area contributed by atoms with E-state index in [1.54, 1.807) is 12.4 Å². The zero-order valence-electron chi connectivity index (χ0n) is 14.6. The third-order valence-corrected chi connectivity index (χ3v) is 3.92. The minimum absolute atomic E-state index is 0.544. The van der Waals surface area contributed by atoms with Gasteiger partial charge in [0.1, 0.15) is 0 Å². The fraction of sp³-hybridized carbons (Fsp3) is 0.150. The van der Waals surface area contributed by atoms with Gasteiger partial charge < -0.3 is 9.84 Å². The van der Waals surface area contributed by atoms with E-state index >= 15 is 0 Å². The van der Waals surface area contributed by atoms with Crippen molar-refractivity contribution >= 4 is 5.95 Å². The normalized spacial score (nSPS) is 10.7. The van der Waals surface area contributed by atoms with Crippen LogP contribution in [0.2, 0.25) is 0 Å². The van der Waals surface area contributed by atoms with Gasteiger partial charge in [-0.05, 0) is 23.8 Å². The summed E-state index contributed by atoms with van der Waals surface area (Å²) in [6.45, 7) is 0.596. The van der Waals surface area contributed by atoms with E-state index in [0.717, 1.165) is 17.0 Å². The first-order valence-electron chi connectivity index (χ1n) is 8.70. The molecule has 27 heavy (non-hydrogen) atoms. The molecule has 7 heteroatoms. The highest BCUT2D eigenvalue weighted by Crippen LogP contribution is 2.14. The first-order chi connectivity index (χ1) is 13.4. The molecule has 4 rings (SSSR count). The Hall–Kier alpha value is -3.61. The molecule has 0 spiro atoms. The van der Waals surface area contributed by atoms with E-state index < -0.39 is 0 Å². The Labute approximate surface area is 156 Å². The van der Waals surface area contributed by atoms with Gasteiger partial charge >= 0.3 is 0 Å². The summed E-state index contributed by atoms with van der Waals surface area (Å²) in [5, 5.41) is 7.22. The van der Waals surface area contributed by atoms with Crippen molar-refractivity contribution in [2.75, 3.05) is 11.9 Å². The van der Waals surface area contributed by atoms with Crippen molar-refractivity contribution in [1.82, 2.24) is 25.1 Å². The lowest BCUT2D eigenvalue weighted by atomic mass is 10.1. The largest absolute Gasteiger partial charge is 0.354 e. The molecule has 4 aromatic rings. The standard InChI is InChI=1S/C20H18N6O/c1-2-6-15(7-3-1)14-18-25-19(27-26-18)10-13-23-20-22-12-9-17(24-20)16-8-4-5-11-21-16/h1-9,11-12H,10,13-14H2,(H,22,23,24). The molecular formula is C20H18N6O. The van der Waals surface area contributed by atoms with Crippen molar-refractivity contribution < 1.29 is 4.52 Å². The molecule has 1 aromatic carbocycles. The number of benzene rings is 1. The van der Waals surface area contributed by atoms with E-state index in [1.807, 2.05) is 54.6 Å². The molecule has 0 bridgehead atoms. The highest BCUT2D eigenvalue weighted by molar-refractivity contribution is 5.54. The van der Waals surface area contributed by atoms with Gasteiger partial charge in [-0.25, -0.2) is 9.97 Å². The van der Waals surface area contributed by atoms with Crippen molar-refractivity contribution in [1.29, 1.82) is 0 Å². The maximum atomic E-state index is 5.32. The second-order valence-electron chi connectivity index (χ2n) is 5.92. The Kier molecular flexibility index (Phi) is 5.10. The van der Waals surface area contributed by atoms with Crippen LogP contribution in [0.15, 0.2) is 71.5 Å². The predicted molar refractivity (Wildman–Crippen MR) is 101 cm³/mol. The summed E-state index contributed by atoms with van der Waals surface area (Å²) in [6.07, 6.45) is 4.71. The van der Waals surface area contributed by atoms with E-state index in [9.17, 15) is 0 Å². The van der Waals surface area contributed by atoms with Gasteiger partial charge in [-0.2, -0.15) is 4.98 Å². The van der Waals surface area contributed by atoms with Gasteiger partial charge in [0.25, 0.3) is 0 Å². The van der Waals surface area contributed by atoms with Crippen LogP contribution in [0.25, 0.3) is 11.4 Å². The Morgan fingerprint density at radius 2 is 1.70 bits per heavy atom. The van der Waals surface area contributed by atoms with E-state index in [-0.39, 0.29) is 0 Å². The second kappa shape index (κ2) is 8.18. The fourth-order valence-corrected chi connectivity index (χ4v) is 2.62. The van der Waals surface area contributed by atoms with Crippen LogP contribution >= 0.6 is 0 Å². The molecule has 0 radical (unpaired) electrons. The monoisotopic (exact) mass is 358 g/mol. The highest BCUT2D eigenvalue weighted by atomic mass is 16.5. The third-order valence-electron chi connectivity index (χ3n) is 3.92. The van der Waals surface area contributed by atoms with Crippen molar-refractivity contribution in [3.8, 4) is 11.4 Å². The first-order valence-corrected chi connectivity index (χ1v) is 8.70. The first kappa shape index (κ1) is 16.8. The molecule has 7 nitrogen and oxygen atoms in total. The van der Waals surface area contributed by atoms with E-state index in [0.29, 0.717) is 37.0 Å². The van der Waals surface area contributed by atoms with Gasteiger partial charge in [-0.15, -0.1) is 0 Å². The van der Waals surface area contributed by atoms with E-state index in [1.165, 1.54) is 0 Å². The van der Waals surface area contributed by atoms with Crippen LogP contribution in [-0.4, -0.2) is 31.6 Å². The quantitative estimate of drug-likeness (QED) is 0.543. The number of pyridine rings is 1. The third kappa shape index (κ3) is 4.52. The number of nitrogens with one attached hydrogen (secondary N) is 1. The number of hydrogen-bond donors (Lipinski definition) is 1. The van der Waals surface area contributed by atoms with Crippen LogP contribution in [0.5, 0.6) is 0 Å². The van der Waals surface area contributed by atoms with Crippen molar-refractivity contribution in [2.24, 2.45) is 0 Å². The predicted octanol–water partition coefficient (Wildman–Crippen LogP) is 3.17. The highest BCUT2D eigenvalue weighted by Gasteiger charge is 2.08. The van der Waals surface area contributed by atoms with Gasteiger partial charge in [-0.3, -0.25) is 4.98 Å². The molecule has 0 aliphatic carbocycles. The lowest BCUT2D eigenvalue weighted by Crippen LogP contribution is -2.08. The van der Waals surface area contributed by atoms with Crippen molar-refractivity contribution in [3.05, 3.63) is 84.3 Å². The summed E-state index contributed by atoms with van der Waals surface area (Å²) in [4.78, 5) is 17.5. The Morgan fingerprint density at radius 1 is 0.815 bits per heavy atom. The summed E-state index contributed by atoms with van der Waals surface area (Å²) in [7, 11) is 0. The molecule has 1 N–H and O–H groups in total. The molecule has 0 saturated carbocycles. The molecular weight excluding hydrogens is 340 g/mol. The number of nitrogens with zero attached hydrogens (tertiary/aromatic N) is 5. The molecule has 3 aromatic heterocycles. The maximum absolute atomic E-state index is 5.32. The van der Waals surface area contributed by atoms with E-state index in [4.69, 9.17) is 4.52 Å². The van der Waals surface area contributed by atoms with Crippen LogP contribution in [0, 0.1) is 0 Å². The SMILES string of the molecule is c1ccc(Cc2noc(CCNc3nccc(-c4ccccn4)n3)n2)cc1. The van der Waals surface area contributed by atoms with Crippen LogP contribution in [0.4, 0.5) is 5.95 Å². The van der Waals surface area contributed by atoms with Crippen molar-refractivity contribution in [3.63, 3.8) is 0 Å². The molecule has 0 aliphatic heterocycles. The molecule has 3 heterocycles. The summed E-state index contributed by atoms with van der Waals surface area (Å²) >= 11 is 0. The Bertz CT molecular complexity index is 988. The molecule has 0 aliphatic rings. The smallest absolute Gasteiger partial charge is 0.228 e. The number of rotatable bonds is 7. The lowest BCUT2D eigenvalue weighted by molar-refractivity contribution is 0.376. The zero-order valence-corrected chi connectivity index (χ0v) is 14.6. The van der Waals surface area contributed by atoms with Crippen LogP contribution in [0.1, 0.15) is 17.3 Å². The average Bonchev–Trinajstić information content (AvgIpc) is 3.17. The van der Waals surface area contributed by atoms with Crippen LogP contribution < -0.4 is 5.32 Å². The summed E-state index contributed by atoms with van der Waals surface area (Å²) in [5.74, 6) is 1.82. The number of aromatic nitrogens is 5. The van der Waals surface area contributed by atoms with Crippen LogP contribution in [-0.2, 0) is 12.8 Å². The Balaban J connectivity index is 1.33. The molecule has 134 valence electrons. The number of hydrogen-bond acceptors (Lipinski definition) is 7. The summed E-state index contributed by atoms with van der Waals surface area (Å²) in [5.41, 5.74) is 2.74. The van der Waals surface area contributed by atoms with Crippen LogP contribution in [0.3, 0.4) is 0 Å². The van der Waals surface area contributed by atoms with E-state index in [2.05, 4.69) is 30.4 Å². The van der Waals surface area contributed by atoms with Gasteiger partial charge in [-0.1, -0.05) is 41.6 Å².